The first kappa shape index (κ1) is 26.2. The smallest absolute Gasteiger partial charge is 0.426 e. The van der Waals surface area contributed by atoms with E-state index in [1.54, 1.807) is 19.1 Å². The van der Waals surface area contributed by atoms with Crippen LogP contribution in [0.3, 0.4) is 0 Å². The average molecular weight is 504 g/mol. The highest BCUT2D eigenvalue weighted by Gasteiger charge is 2.40. The zero-order valence-corrected chi connectivity index (χ0v) is 18.0. The molecule has 0 atom stereocenters. The molecule has 0 aromatic heterocycles. The number of benzene rings is 3. The third kappa shape index (κ3) is 5.80. The standard InChI is InChI=1S/C25H17F9O/c1-2-3-4-5-15-8-11-18(23(29)22(15)28)14-6-9-16(10-7-14)25(33,34)35-17-12-19(26)21(20(27)13-17)24(30,31)32/h2-3,6-13H,4-5H2,1H3/b3-2+. The molecule has 0 saturated carbocycles. The van der Waals surface area contributed by atoms with E-state index in [0.717, 1.165) is 24.3 Å². The maximum Gasteiger partial charge on any atom is 0.426 e. The summed E-state index contributed by atoms with van der Waals surface area (Å²) < 4.78 is 127. The maximum absolute atomic E-state index is 14.6. The lowest BCUT2D eigenvalue weighted by Gasteiger charge is -2.19. The Kier molecular flexibility index (Phi) is 7.52. The number of aryl methyl sites for hydroxylation is 1. The summed E-state index contributed by atoms with van der Waals surface area (Å²) in [7, 11) is 0. The number of alkyl halides is 5. The van der Waals surface area contributed by atoms with Crippen molar-refractivity contribution in [3.8, 4) is 16.9 Å². The highest BCUT2D eigenvalue weighted by molar-refractivity contribution is 5.65. The van der Waals surface area contributed by atoms with Crippen molar-refractivity contribution < 1.29 is 44.3 Å². The van der Waals surface area contributed by atoms with E-state index in [1.165, 1.54) is 12.1 Å². The molecule has 0 saturated heterocycles. The molecule has 35 heavy (non-hydrogen) atoms. The summed E-state index contributed by atoms with van der Waals surface area (Å²) in [5.41, 5.74) is -3.05. The van der Waals surface area contributed by atoms with Crippen LogP contribution in [0.1, 0.15) is 30.0 Å². The SMILES string of the molecule is C/C=C/CCc1ccc(-c2ccc(C(F)(F)Oc3cc(F)c(C(F)(F)F)c(F)c3)cc2)c(F)c1F. The predicted octanol–water partition coefficient (Wildman–Crippen LogP) is 8.57. The second-order valence-electron chi connectivity index (χ2n) is 7.46. The number of hydrogen-bond acceptors (Lipinski definition) is 1. The van der Waals surface area contributed by atoms with Crippen molar-refractivity contribution in [2.24, 2.45) is 0 Å². The van der Waals surface area contributed by atoms with E-state index >= 15 is 0 Å². The fourth-order valence-electron chi connectivity index (χ4n) is 3.34. The molecule has 0 aliphatic heterocycles. The Morgan fingerprint density at radius 1 is 0.800 bits per heavy atom. The van der Waals surface area contributed by atoms with Gasteiger partial charge in [-0.25, -0.2) is 17.6 Å². The van der Waals surface area contributed by atoms with Gasteiger partial charge < -0.3 is 4.74 Å². The molecule has 0 amide bonds. The summed E-state index contributed by atoms with van der Waals surface area (Å²) in [5.74, 6) is -7.63. The van der Waals surface area contributed by atoms with E-state index in [4.69, 9.17) is 0 Å². The number of ether oxygens (including phenoxy) is 1. The van der Waals surface area contributed by atoms with Gasteiger partial charge in [-0.2, -0.15) is 22.0 Å². The molecule has 0 aliphatic carbocycles. The number of hydrogen-bond donors (Lipinski definition) is 0. The second-order valence-corrected chi connectivity index (χ2v) is 7.46. The number of allylic oxidation sites excluding steroid dienone is 2. The highest BCUT2D eigenvalue weighted by atomic mass is 19.4. The first-order valence-electron chi connectivity index (χ1n) is 10.2. The topological polar surface area (TPSA) is 9.23 Å². The van der Waals surface area contributed by atoms with Crippen LogP contribution in [0.5, 0.6) is 5.75 Å². The van der Waals surface area contributed by atoms with Gasteiger partial charge in [-0.05, 0) is 43.0 Å². The molecule has 1 nitrogen and oxygen atoms in total. The predicted molar refractivity (Wildman–Crippen MR) is 111 cm³/mol. The van der Waals surface area contributed by atoms with Crippen LogP contribution in [0.25, 0.3) is 11.1 Å². The summed E-state index contributed by atoms with van der Waals surface area (Å²) in [6.45, 7) is 1.79. The van der Waals surface area contributed by atoms with Crippen LogP contribution in [-0.2, 0) is 18.7 Å². The van der Waals surface area contributed by atoms with Crippen LogP contribution < -0.4 is 4.74 Å². The van der Waals surface area contributed by atoms with Gasteiger partial charge in [0.25, 0.3) is 0 Å². The Morgan fingerprint density at radius 3 is 1.94 bits per heavy atom. The van der Waals surface area contributed by atoms with Crippen LogP contribution in [0.2, 0.25) is 0 Å². The zero-order valence-electron chi connectivity index (χ0n) is 18.0. The molecule has 0 radical (unpaired) electrons. The lowest BCUT2D eigenvalue weighted by Crippen LogP contribution is -2.22. The minimum absolute atomic E-state index is 0.00973. The van der Waals surface area contributed by atoms with Crippen molar-refractivity contribution in [3.63, 3.8) is 0 Å². The summed E-state index contributed by atoms with van der Waals surface area (Å²) in [4.78, 5) is 0. The van der Waals surface area contributed by atoms with E-state index in [1.807, 2.05) is 0 Å². The van der Waals surface area contributed by atoms with Crippen LogP contribution in [-0.4, -0.2) is 0 Å². The summed E-state index contributed by atoms with van der Waals surface area (Å²) in [5, 5.41) is 0. The quantitative estimate of drug-likeness (QED) is 0.231. The average Bonchev–Trinajstić information content (AvgIpc) is 2.75. The van der Waals surface area contributed by atoms with E-state index in [-0.39, 0.29) is 35.2 Å². The van der Waals surface area contributed by atoms with E-state index in [0.29, 0.717) is 6.42 Å². The van der Waals surface area contributed by atoms with Gasteiger partial charge in [0, 0.05) is 17.7 Å². The van der Waals surface area contributed by atoms with Crippen molar-refractivity contribution in [1.82, 2.24) is 0 Å². The maximum atomic E-state index is 14.6. The lowest BCUT2D eigenvalue weighted by molar-refractivity contribution is -0.185. The fraction of sp³-hybridized carbons (Fsp3) is 0.200. The van der Waals surface area contributed by atoms with Gasteiger partial charge in [-0.3, -0.25) is 0 Å². The van der Waals surface area contributed by atoms with Crippen LogP contribution >= 0.6 is 0 Å². The van der Waals surface area contributed by atoms with Crippen molar-refractivity contribution in [3.05, 3.63) is 101 Å². The second kappa shape index (κ2) is 10.1. The third-order valence-corrected chi connectivity index (χ3v) is 5.06. The Bertz CT molecular complexity index is 1210. The Labute approximate surface area is 194 Å². The molecule has 0 unspecified atom stereocenters. The van der Waals surface area contributed by atoms with Gasteiger partial charge in [-0.15, -0.1) is 0 Å². The van der Waals surface area contributed by atoms with Gasteiger partial charge in [0.15, 0.2) is 11.6 Å². The van der Waals surface area contributed by atoms with Crippen LogP contribution in [0.15, 0.2) is 60.7 Å². The largest absolute Gasteiger partial charge is 0.429 e. The molecule has 0 fully saturated rings. The monoisotopic (exact) mass is 504 g/mol. The van der Waals surface area contributed by atoms with Crippen LogP contribution in [0, 0.1) is 23.3 Å². The van der Waals surface area contributed by atoms with Crippen molar-refractivity contribution in [2.45, 2.75) is 32.1 Å². The third-order valence-electron chi connectivity index (χ3n) is 5.06. The molecule has 186 valence electrons. The molecule has 3 rings (SSSR count). The zero-order chi connectivity index (χ0) is 26.0. The van der Waals surface area contributed by atoms with Gasteiger partial charge in [0.05, 0.1) is 5.56 Å². The molecule has 3 aromatic rings. The fourth-order valence-corrected chi connectivity index (χ4v) is 3.34. The molecule has 0 aliphatic rings. The molecule has 3 aromatic carbocycles. The molecular weight excluding hydrogens is 487 g/mol. The van der Waals surface area contributed by atoms with Crippen molar-refractivity contribution in [1.29, 1.82) is 0 Å². The van der Waals surface area contributed by atoms with Crippen LogP contribution in [0.4, 0.5) is 39.5 Å². The number of rotatable bonds is 7. The summed E-state index contributed by atoms with van der Waals surface area (Å²) in [6.07, 6.45) is -5.25. The summed E-state index contributed by atoms with van der Waals surface area (Å²) in [6, 6.07) is 6.40. The van der Waals surface area contributed by atoms with E-state index < -0.39 is 52.4 Å². The minimum atomic E-state index is -5.37. The Hall–Kier alpha value is -3.43. The lowest BCUT2D eigenvalue weighted by atomic mass is 9.99. The molecule has 0 bridgehead atoms. The first-order chi connectivity index (χ1) is 16.3. The van der Waals surface area contributed by atoms with Crippen molar-refractivity contribution in [2.75, 3.05) is 0 Å². The van der Waals surface area contributed by atoms with Gasteiger partial charge in [-0.1, -0.05) is 36.4 Å². The Morgan fingerprint density at radius 2 is 1.40 bits per heavy atom. The Balaban J connectivity index is 1.84. The first-order valence-corrected chi connectivity index (χ1v) is 10.2. The highest BCUT2D eigenvalue weighted by Crippen LogP contribution is 2.38. The molecule has 0 spiro atoms. The summed E-state index contributed by atoms with van der Waals surface area (Å²) >= 11 is 0. The molecule has 10 heteroatoms. The van der Waals surface area contributed by atoms with E-state index in [2.05, 4.69) is 4.74 Å². The van der Waals surface area contributed by atoms with Gasteiger partial charge in [0.1, 0.15) is 22.9 Å². The molecular formula is C25H17F9O. The van der Waals surface area contributed by atoms with Gasteiger partial charge in [0.2, 0.25) is 0 Å². The molecule has 0 N–H and O–H groups in total. The normalized spacial score (nSPS) is 12.4. The van der Waals surface area contributed by atoms with Gasteiger partial charge >= 0.3 is 12.3 Å². The van der Waals surface area contributed by atoms with E-state index in [9.17, 15) is 39.5 Å². The van der Waals surface area contributed by atoms with Crippen molar-refractivity contribution >= 4 is 0 Å². The number of halogens is 9. The minimum Gasteiger partial charge on any atom is -0.429 e. The molecule has 0 heterocycles.